The van der Waals surface area contributed by atoms with Crippen molar-refractivity contribution in [1.29, 1.82) is 0 Å². The van der Waals surface area contributed by atoms with Crippen molar-refractivity contribution in [1.82, 2.24) is 15.5 Å². The van der Waals surface area contributed by atoms with Crippen LogP contribution in [0, 0.1) is 5.92 Å². The second kappa shape index (κ2) is 8.16. The van der Waals surface area contributed by atoms with E-state index in [9.17, 15) is 4.79 Å². The number of hydrogen-bond donors (Lipinski definition) is 2. The fraction of sp³-hybridized carbons (Fsp3) is 0.562. The molecule has 1 aliphatic carbocycles. The van der Waals surface area contributed by atoms with E-state index >= 15 is 0 Å². The molecule has 122 valence electrons. The zero-order valence-electron chi connectivity index (χ0n) is 12.6. The van der Waals surface area contributed by atoms with Crippen molar-refractivity contribution in [3.8, 4) is 0 Å². The molecule has 1 aromatic carbocycles. The molecule has 4 nitrogen and oxygen atoms in total. The Morgan fingerprint density at radius 2 is 2.14 bits per heavy atom. The highest BCUT2D eigenvalue weighted by Crippen LogP contribution is 2.47. The number of hydrogen-bond acceptors (Lipinski definition) is 3. The van der Waals surface area contributed by atoms with Crippen molar-refractivity contribution < 1.29 is 4.79 Å². The smallest absolute Gasteiger partial charge is 0.223 e. The molecule has 0 spiro atoms. The molecule has 1 aromatic rings. The summed E-state index contributed by atoms with van der Waals surface area (Å²) < 4.78 is 0. The topological polar surface area (TPSA) is 44.4 Å². The zero-order chi connectivity index (χ0) is 14.7. The lowest BCUT2D eigenvalue weighted by Gasteiger charge is -2.27. The summed E-state index contributed by atoms with van der Waals surface area (Å²) in [5.41, 5.74) is 1.18. The number of halogens is 2. The largest absolute Gasteiger partial charge is 0.355 e. The summed E-state index contributed by atoms with van der Waals surface area (Å²) in [6.45, 7) is 5.94. The number of rotatable bonds is 5. The Morgan fingerprint density at radius 1 is 1.36 bits per heavy atom. The predicted octanol–water partition coefficient (Wildman–Crippen LogP) is 1.89. The molecule has 0 bridgehead atoms. The van der Waals surface area contributed by atoms with Crippen LogP contribution in [0.3, 0.4) is 0 Å². The van der Waals surface area contributed by atoms with Crippen molar-refractivity contribution in [3.05, 3.63) is 34.9 Å². The normalized spacial score (nSPS) is 24.4. The van der Waals surface area contributed by atoms with E-state index < -0.39 is 0 Å². The van der Waals surface area contributed by atoms with Crippen LogP contribution in [0.25, 0.3) is 0 Å². The first-order valence-electron chi connectivity index (χ1n) is 7.70. The molecule has 0 aromatic heterocycles. The van der Waals surface area contributed by atoms with Gasteiger partial charge < -0.3 is 10.6 Å². The number of nitrogens with zero attached hydrogens (tertiary/aromatic N) is 1. The van der Waals surface area contributed by atoms with Gasteiger partial charge in [-0.05, 0) is 30.0 Å². The molecule has 1 heterocycles. The third-order valence-electron chi connectivity index (χ3n) is 4.34. The van der Waals surface area contributed by atoms with E-state index in [0.717, 1.165) is 50.7 Å². The van der Waals surface area contributed by atoms with Crippen molar-refractivity contribution in [2.75, 3.05) is 39.3 Å². The maximum atomic E-state index is 12.1. The molecular weight excluding hydrogens is 321 g/mol. The fourth-order valence-electron chi connectivity index (χ4n) is 2.99. The summed E-state index contributed by atoms with van der Waals surface area (Å²) in [7, 11) is 0. The first-order chi connectivity index (χ1) is 10.2. The number of carbonyl (C=O) groups excluding carboxylic acids is 1. The summed E-state index contributed by atoms with van der Waals surface area (Å²) in [6.07, 6.45) is 0.944. The van der Waals surface area contributed by atoms with Crippen LogP contribution in [0.5, 0.6) is 0 Å². The number of amides is 1. The van der Waals surface area contributed by atoms with Gasteiger partial charge in [0.1, 0.15) is 0 Å². The van der Waals surface area contributed by atoms with Gasteiger partial charge in [0.2, 0.25) is 5.91 Å². The van der Waals surface area contributed by atoms with E-state index in [-0.39, 0.29) is 24.2 Å². The SMILES string of the molecule is Cl.O=C(NCCN1CCNCC1)C1CC1c1cccc(Cl)c1. The Kier molecular flexibility index (Phi) is 6.50. The van der Waals surface area contributed by atoms with Gasteiger partial charge in [-0.1, -0.05) is 23.7 Å². The van der Waals surface area contributed by atoms with Gasteiger partial charge in [0.05, 0.1) is 0 Å². The van der Waals surface area contributed by atoms with Crippen molar-refractivity contribution >= 4 is 29.9 Å². The van der Waals surface area contributed by atoms with Gasteiger partial charge in [-0.15, -0.1) is 12.4 Å². The standard InChI is InChI=1S/C16H22ClN3O.ClH/c17-13-3-1-2-12(10-13)14-11-15(14)16(21)19-6-9-20-7-4-18-5-8-20;/h1-3,10,14-15,18H,4-9,11H2,(H,19,21);1H. The van der Waals surface area contributed by atoms with Crippen LogP contribution >= 0.6 is 24.0 Å². The molecule has 1 amide bonds. The monoisotopic (exact) mass is 343 g/mol. The molecule has 6 heteroatoms. The first kappa shape index (κ1) is 17.5. The molecule has 22 heavy (non-hydrogen) atoms. The fourth-order valence-corrected chi connectivity index (χ4v) is 3.19. The van der Waals surface area contributed by atoms with Crippen LogP contribution in [-0.2, 0) is 4.79 Å². The Balaban J connectivity index is 0.00000176. The van der Waals surface area contributed by atoms with Gasteiger partial charge in [0.25, 0.3) is 0 Å². The molecule has 2 unspecified atom stereocenters. The second-order valence-electron chi connectivity index (χ2n) is 5.89. The molecule has 0 radical (unpaired) electrons. The molecule has 2 aliphatic rings. The average molecular weight is 344 g/mol. The van der Waals surface area contributed by atoms with E-state index in [1.54, 1.807) is 0 Å². The lowest BCUT2D eigenvalue weighted by atomic mass is 10.1. The summed E-state index contributed by atoms with van der Waals surface area (Å²) >= 11 is 6.00. The Hall–Kier alpha value is -0.810. The highest BCUT2D eigenvalue weighted by atomic mass is 35.5. The summed E-state index contributed by atoms with van der Waals surface area (Å²) in [5.74, 6) is 0.671. The predicted molar refractivity (Wildman–Crippen MR) is 91.9 cm³/mol. The van der Waals surface area contributed by atoms with E-state index in [2.05, 4.69) is 21.6 Å². The summed E-state index contributed by atoms with van der Waals surface area (Å²) in [4.78, 5) is 14.5. The van der Waals surface area contributed by atoms with Gasteiger partial charge >= 0.3 is 0 Å². The lowest BCUT2D eigenvalue weighted by molar-refractivity contribution is -0.122. The Morgan fingerprint density at radius 3 is 2.86 bits per heavy atom. The van der Waals surface area contributed by atoms with Crippen LogP contribution < -0.4 is 10.6 Å². The van der Waals surface area contributed by atoms with Crippen LogP contribution in [0.15, 0.2) is 24.3 Å². The first-order valence-corrected chi connectivity index (χ1v) is 8.08. The van der Waals surface area contributed by atoms with E-state index in [1.807, 2.05) is 18.2 Å². The van der Waals surface area contributed by atoms with Gasteiger partial charge in [-0.25, -0.2) is 0 Å². The molecule has 2 fully saturated rings. The van der Waals surface area contributed by atoms with Gasteiger partial charge in [0.15, 0.2) is 0 Å². The average Bonchev–Trinajstić information content (AvgIpc) is 3.29. The zero-order valence-corrected chi connectivity index (χ0v) is 14.1. The molecule has 1 aliphatic heterocycles. The molecule has 3 rings (SSSR count). The molecule has 1 saturated carbocycles. The lowest BCUT2D eigenvalue weighted by Crippen LogP contribution is -2.46. The molecule has 2 atom stereocenters. The maximum absolute atomic E-state index is 12.1. The highest BCUT2D eigenvalue weighted by molar-refractivity contribution is 6.30. The minimum absolute atomic E-state index is 0. The van der Waals surface area contributed by atoms with Gasteiger partial charge in [0, 0.05) is 50.2 Å². The minimum atomic E-state index is 0. The Bertz CT molecular complexity index is 506. The maximum Gasteiger partial charge on any atom is 0.223 e. The van der Waals surface area contributed by atoms with Crippen LogP contribution in [0.4, 0.5) is 0 Å². The molecule has 2 N–H and O–H groups in total. The van der Waals surface area contributed by atoms with Crippen LogP contribution in [0.1, 0.15) is 17.9 Å². The van der Waals surface area contributed by atoms with E-state index in [0.29, 0.717) is 5.92 Å². The number of nitrogens with one attached hydrogen (secondary N) is 2. The number of carbonyl (C=O) groups is 1. The van der Waals surface area contributed by atoms with Crippen molar-refractivity contribution in [3.63, 3.8) is 0 Å². The quantitative estimate of drug-likeness (QED) is 0.857. The molecule has 1 saturated heterocycles. The Labute approximate surface area is 143 Å². The summed E-state index contributed by atoms with van der Waals surface area (Å²) in [6, 6.07) is 7.86. The van der Waals surface area contributed by atoms with Crippen molar-refractivity contribution in [2.45, 2.75) is 12.3 Å². The second-order valence-corrected chi connectivity index (χ2v) is 6.32. The van der Waals surface area contributed by atoms with Crippen LogP contribution in [0.2, 0.25) is 5.02 Å². The minimum Gasteiger partial charge on any atom is -0.355 e. The van der Waals surface area contributed by atoms with Gasteiger partial charge in [-0.3, -0.25) is 9.69 Å². The highest BCUT2D eigenvalue weighted by Gasteiger charge is 2.43. The third-order valence-corrected chi connectivity index (χ3v) is 4.58. The van der Waals surface area contributed by atoms with E-state index in [1.165, 1.54) is 5.56 Å². The van der Waals surface area contributed by atoms with E-state index in [4.69, 9.17) is 11.6 Å². The van der Waals surface area contributed by atoms with Crippen LogP contribution in [-0.4, -0.2) is 50.1 Å². The van der Waals surface area contributed by atoms with Crippen molar-refractivity contribution in [2.24, 2.45) is 5.92 Å². The third kappa shape index (κ3) is 4.59. The number of benzene rings is 1. The molecular formula is C16H23Cl2N3O. The summed E-state index contributed by atoms with van der Waals surface area (Å²) in [5, 5.41) is 7.15. The van der Waals surface area contributed by atoms with Gasteiger partial charge in [-0.2, -0.15) is 0 Å². The number of piperazine rings is 1.